The van der Waals surface area contributed by atoms with Crippen LogP contribution in [0.4, 0.5) is 11.4 Å². The first kappa shape index (κ1) is 22.9. The van der Waals surface area contributed by atoms with E-state index < -0.39 is 6.29 Å². The first-order valence-electron chi connectivity index (χ1n) is 10.7. The van der Waals surface area contributed by atoms with Gasteiger partial charge in [0, 0.05) is 48.8 Å². The fourth-order valence-electron chi connectivity index (χ4n) is 3.66. The molecule has 3 rings (SSSR count). The van der Waals surface area contributed by atoms with Crippen molar-refractivity contribution in [3.8, 4) is 0 Å². The molecule has 0 bridgehead atoms. The van der Waals surface area contributed by atoms with Crippen LogP contribution >= 0.6 is 0 Å². The largest absolute Gasteiger partial charge is 0.383 e. The third-order valence-electron chi connectivity index (χ3n) is 5.11. The molecule has 31 heavy (non-hydrogen) atoms. The molecule has 0 amide bonds. The van der Waals surface area contributed by atoms with Gasteiger partial charge >= 0.3 is 0 Å². The summed E-state index contributed by atoms with van der Waals surface area (Å²) in [7, 11) is 3.98. The van der Waals surface area contributed by atoms with Gasteiger partial charge in [-0.1, -0.05) is 24.3 Å². The first-order valence-corrected chi connectivity index (χ1v) is 10.7. The van der Waals surface area contributed by atoms with E-state index in [9.17, 15) is 9.59 Å². The fraction of sp³-hybridized carbons (Fsp3) is 0.417. The highest BCUT2D eigenvalue weighted by Gasteiger charge is 2.33. The van der Waals surface area contributed by atoms with Crippen molar-refractivity contribution in [3.05, 3.63) is 58.7 Å². The molecular weight excluding hydrogens is 394 g/mol. The van der Waals surface area contributed by atoms with E-state index in [0.717, 1.165) is 6.54 Å². The van der Waals surface area contributed by atoms with E-state index >= 15 is 0 Å². The molecule has 0 unspecified atom stereocenters. The van der Waals surface area contributed by atoms with E-state index in [-0.39, 0.29) is 11.6 Å². The molecule has 0 saturated heterocycles. The maximum Gasteiger partial charge on any atom is 0.196 e. The predicted molar refractivity (Wildman–Crippen MR) is 122 cm³/mol. The Labute approximate surface area is 183 Å². The fourth-order valence-corrected chi connectivity index (χ4v) is 3.66. The number of likely N-dealkylation sites (N-methyl/N-ethyl adjacent to an activating group) is 1. The number of carbonyl (C=O) groups is 2. The number of anilines is 2. The molecule has 0 heterocycles. The zero-order valence-corrected chi connectivity index (χ0v) is 18.7. The summed E-state index contributed by atoms with van der Waals surface area (Å²) in [5.41, 5.74) is 2.95. The molecule has 166 valence electrons. The lowest BCUT2D eigenvalue weighted by Gasteiger charge is -2.25. The van der Waals surface area contributed by atoms with E-state index in [1.807, 2.05) is 40.1 Å². The number of benzene rings is 2. The molecule has 1 aliphatic carbocycles. The van der Waals surface area contributed by atoms with Gasteiger partial charge in [-0.3, -0.25) is 9.59 Å². The molecule has 7 heteroatoms. The minimum atomic E-state index is -0.440. The Morgan fingerprint density at radius 2 is 1.35 bits per heavy atom. The highest BCUT2D eigenvalue weighted by atomic mass is 16.7. The lowest BCUT2D eigenvalue weighted by atomic mass is 9.82. The summed E-state index contributed by atoms with van der Waals surface area (Å²) in [4.78, 5) is 28.9. The Bertz CT molecular complexity index is 936. The van der Waals surface area contributed by atoms with Crippen LogP contribution in [0.3, 0.4) is 0 Å². The minimum absolute atomic E-state index is 0.146. The lowest BCUT2D eigenvalue weighted by Crippen LogP contribution is -2.29. The summed E-state index contributed by atoms with van der Waals surface area (Å²) >= 11 is 0. The number of hydrogen-bond acceptors (Lipinski definition) is 7. The van der Waals surface area contributed by atoms with Crippen LogP contribution in [0.5, 0.6) is 0 Å². The average Bonchev–Trinajstić information content (AvgIpc) is 2.76. The molecule has 0 saturated carbocycles. The van der Waals surface area contributed by atoms with Gasteiger partial charge in [0.25, 0.3) is 0 Å². The van der Waals surface area contributed by atoms with Crippen molar-refractivity contribution >= 4 is 22.9 Å². The molecular formula is C24H31N3O4. The summed E-state index contributed by atoms with van der Waals surface area (Å²) in [6.07, 6.45) is -0.440. The number of carbonyl (C=O) groups excluding carboxylic acids is 2. The maximum absolute atomic E-state index is 13.4. The third-order valence-corrected chi connectivity index (χ3v) is 5.11. The molecule has 2 aromatic rings. The zero-order valence-electron chi connectivity index (χ0n) is 18.7. The van der Waals surface area contributed by atoms with E-state index in [0.29, 0.717) is 59.9 Å². The maximum atomic E-state index is 13.4. The standard InChI is InChI=1S/C24H31N3O4/c1-5-30-20(31-6-2)15-26-19-12-11-18(25-13-14-27(3)4)21-22(19)24(29)17-10-8-7-9-16(17)23(21)28/h7-12,20,25-26H,5-6,13-15H2,1-4H3. The van der Waals surface area contributed by atoms with Crippen molar-refractivity contribution in [1.82, 2.24) is 4.90 Å². The molecule has 0 aliphatic heterocycles. The van der Waals surface area contributed by atoms with Crippen molar-refractivity contribution in [2.45, 2.75) is 20.1 Å². The van der Waals surface area contributed by atoms with Gasteiger partial charge in [0.2, 0.25) is 0 Å². The van der Waals surface area contributed by atoms with Crippen molar-refractivity contribution in [3.63, 3.8) is 0 Å². The highest BCUT2D eigenvalue weighted by Crippen LogP contribution is 2.36. The SMILES string of the molecule is CCOC(CNc1ccc(NCCN(C)C)c2c1C(=O)c1ccccc1C2=O)OCC. The number of ketones is 2. The Morgan fingerprint density at radius 3 is 1.84 bits per heavy atom. The number of ether oxygens (including phenoxy) is 2. The summed E-state index contributed by atoms with van der Waals surface area (Å²) < 4.78 is 11.2. The van der Waals surface area contributed by atoms with Gasteiger partial charge in [0.1, 0.15) is 0 Å². The molecule has 0 aromatic heterocycles. The Balaban J connectivity index is 1.98. The van der Waals surface area contributed by atoms with Gasteiger partial charge in [0.05, 0.1) is 17.7 Å². The van der Waals surface area contributed by atoms with Crippen LogP contribution in [0.25, 0.3) is 0 Å². The normalized spacial score (nSPS) is 12.8. The van der Waals surface area contributed by atoms with Gasteiger partial charge in [-0.05, 0) is 40.1 Å². The quantitative estimate of drug-likeness (QED) is 0.457. The summed E-state index contributed by atoms with van der Waals surface area (Å²) in [5.74, 6) is -0.305. The van der Waals surface area contributed by atoms with Crippen LogP contribution in [0.15, 0.2) is 36.4 Å². The summed E-state index contributed by atoms with van der Waals surface area (Å²) in [6.45, 7) is 6.67. The van der Waals surface area contributed by atoms with Gasteiger partial charge in [-0.25, -0.2) is 0 Å². The predicted octanol–water partition coefficient (Wildman–Crippen LogP) is 3.25. The van der Waals surface area contributed by atoms with Crippen LogP contribution in [0.1, 0.15) is 45.7 Å². The van der Waals surface area contributed by atoms with Gasteiger partial charge in [-0.15, -0.1) is 0 Å². The minimum Gasteiger partial charge on any atom is -0.383 e. The van der Waals surface area contributed by atoms with Gasteiger partial charge in [-0.2, -0.15) is 0 Å². The first-order chi connectivity index (χ1) is 15.0. The smallest absolute Gasteiger partial charge is 0.196 e. The molecule has 0 fully saturated rings. The van der Waals surface area contributed by atoms with Crippen LogP contribution in [-0.4, -0.2) is 69.7 Å². The average molecular weight is 426 g/mol. The zero-order chi connectivity index (χ0) is 22.4. The Kier molecular flexibility index (Phi) is 7.79. The summed E-state index contributed by atoms with van der Waals surface area (Å²) in [5, 5.41) is 6.59. The molecule has 0 radical (unpaired) electrons. The molecule has 1 aliphatic rings. The number of rotatable bonds is 11. The van der Waals surface area contributed by atoms with E-state index in [4.69, 9.17) is 9.47 Å². The topological polar surface area (TPSA) is 79.9 Å². The van der Waals surface area contributed by atoms with Crippen molar-refractivity contribution in [2.75, 3.05) is 57.6 Å². The van der Waals surface area contributed by atoms with Crippen LogP contribution in [0.2, 0.25) is 0 Å². The van der Waals surface area contributed by atoms with Crippen molar-refractivity contribution in [1.29, 1.82) is 0 Å². The second-order valence-corrected chi connectivity index (χ2v) is 7.57. The summed E-state index contributed by atoms with van der Waals surface area (Å²) in [6, 6.07) is 10.7. The Morgan fingerprint density at radius 1 is 0.839 bits per heavy atom. The highest BCUT2D eigenvalue weighted by molar-refractivity contribution is 6.31. The molecule has 2 aromatic carbocycles. The monoisotopic (exact) mass is 425 g/mol. The third kappa shape index (κ3) is 5.12. The molecule has 7 nitrogen and oxygen atoms in total. The lowest BCUT2D eigenvalue weighted by molar-refractivity contribution is -0.126. The van der Waals surface area contributed by atoms with E-state index in [1.165, 1.54) is 0 Å². The Hall–Kier alpha value is -2.74. The molecule has 2 N–H and O–H groups in total. The van der Waals surface area contributed by atoms with Crippen LogP contribution in [0, 0.1) is 0 Å². The van der Waals surface area contributed by atoms with Crippen molar-refractivity contribution in [2.24, 2.45) is 0 Å². The van der Waals surface area contributed by atoms with Gasteiger partial charge < -0.3 is 25.0 Å². The van der Waals surface area contributed by atoms with Gasteiger partial charge in [0.15, 0.2) is 17.9 Å². The molecule has 0 atom stereocenters. The van der Waals surface area contributed by atoms with E-state index in [2.05, 4.69) is 15.5 Å². The van der Waals surface area contributed by atoms with E-state index in [1.54, 1.807) is 24.3 Å². The number of nitrogens with one attached hydrogen (secondary N) is 2. The molecule has 0 spiro atoms. The van der Waals surface area contributed by atoms with Crippen LogP contribution in [-0.2, 0) is 9.47 Å². The number of nitrogens with zero attached hydrogens (tertiary/aromatic N) is 1. The second-order valence-electron chi connectivity index (χ2n) is 7.57. The van der Waals surface area contributed by atoms with Crippen molar-refractivity contribution < 1.29 is 19.1 Å². The van der Waals surface area contributed by atoms with Crippen LogP contribution < -0.4 is 10.6 Å². The number of hydrogen-bond donors (Lipinski definition) is 2. The second kappa shape index (κ2) is 10.5. The number of fused-ring (bicyclic) bond motifs is 2.